The molecule has 2 heteroatoms. The molecular weight excluding hydrogens is 641 g/mol. The third-order valence-corrected chi connectivity index (χ3v) is 17.1. The van der Waals surface area contributed by atoms with Gasteiger partial charge in [-0.1, -0.05) is 136 Å². The summed E-state index contributed by atoms with van der Waals surface area (Å²) in [5, 5.41) is 18.6. The summed E-state index contributed by atoms with van der Waals surface area (Å²) in [5.41, 5.74) is 0. The molecule has 0 bridgehead atoms. The molecule has 302 valence electrons. The van der Waals surface area contributed by atoms with E-state index in [1.54, 1.807) is 0 Å². The van der Waals surface area contributed by atoms with E-state index in [4.69, 9.17) is 0 Å². The summed E-state index contributed by atoms with van der Waals surface area (Å²) in [7, 11) is 0. The van der Waals surface area contributed by atoms with Gasteiger partial charge in [0, 0.05) is 11.8 Å². The summed E-state index contributed by atoms with van der Waals surface area (Å²) < 4.78 is 0. The number of unbranched alkanes of at least 4 members (excludes halogenated alkanes) is 7. The molecule has 0 radical (unpaired) electrons. The smallest absolute Gasteiger partial charge is 0.0655 e. The molecule has 2 nitrogen and oxygen atoms in total. The van der Waals surface area contributed by atoms with Crippen LogP contribution >= 0.6 is 0 Å². The van der Waals surface area contributed by atoms with E-state index in [-0.39, 0.29) is 0 Å². The summed E-state index contributed by atoms with van der Waals surface area (Å²) in [6.07, 6.45) is 50.5. The predicted molar refractivity (Wildman–Crippen MR) is 226 cm³/mol. The molecule has 0 N–H and O–H groups in total. The molecule has 0 heterocycles. The Balaban J connectivity index is 0.000000204. The molecular formula is C51H88N2. The van der Waals surface area contributed by atoms with E-state index in [2.05, 4.69) is 26.0 Å². The van der Waals surface area contributed by atoms with Gasteiger partial charge in [0.05, 0.1) is 12.1 Å². The maximum atomic E-state index is 9.28. The monoisotopic (exact) mass is 729 g/mol. The van der Waals surface area contributed by atoms with Gasteiger partial charge >= 0.3 is 0 Å². The molecule has 0 saturated heterocycles. The minimum Gasteiger partial charge on any atom is -0.198 e. The van der Waals surface area contributed by atoms with E-state index in [9.17, 15) is 10.5 Å². The molecule has 6 aliphatic rings. The van der Waals surface area contributed by atoms with Crippen molar-refractivity contribution in [1.29, 1.82) is 10.5 Å². The first kappa shape index (κ1) is 43.1. The first-order chi connectivity index (χ1) is 26.1. The lowest BCUT2D eigenvalue weighted by Crippen LogP contribution is -2.30. The topological polar surface area (TPSA) is 47.6 Å². The van der Waals surface area contributed by atoms with Crippen LogP contribution in [-0.2, 0) is 0 Å². The van der Waals surface area contributed by atoms with Crippen LogP contribution in [0, 0.1) is 93.7 Å². The van der Waals surface area contributed by atoms with Crippen LogP contribution in [0.4, 0.5) is 0 Å². The third-order valence-electron chi connectivity index (χ3n) is 17.1. The molecule has 4 atom stereocenters. The zero-order chi connectivity index (χ0) is 37.1. The van der Waals surface area contributed by atoms with Gasteiger partial charge in [0.15, 0.2) is 0 Å². The molecule has 0 aromatic heterocycles. The normalized spacial score (nSPS) is 38.1. The number of hydrogen-bond acceptors (Lipinski definition) is 2. The molecule has 0 aromatic carbocycles. The van der Waals surface area contributed by atoms with Crippen molar-refractivity contribution in [2.24, 2.45) is 71.0 Å². The van der Waals surface area contributed by atoms with E-state index >= 15 is 0 Å². The second kappa shape index (κ2) is 24.6. The fraction of sp³-hybridized carbons (Fsp3) is 0.961. The SMILES string of the molecule is CCCCCCC[C@H]1CC[C@H]([C@H]2CC[C@H](C3CCCC(C#N)C3)CC2)CC1.CCCCCC[C@H]1CC[C@H]([C@H]2CC[C@H](C3CCCC(C#N)C3)CC2)CC1. The summed E-state index contributed by atoms with van der Waals surface area (Å²) in [4.78, 5) is 0. The molecule has 0 spiro atoms. The van der Waals surface area contributed by atoms with Gasteiger partial charge in [0.2, 0.25) is 0 Å². The van der Waals surface area contributed by atoms with E-state index in [0.717, 1.165) is 59.2 Å². The van der Waals surface area contributed by atoms with Gasteiger partial charge < -0.3 is 0 Å². The Labute approximate surface area is 331 Å². The Morgan fingerprint density at radius 1 is 0.340 bits per heavy atom. The quantitative estimate of drug-likeness (QED) is 0.158. The van der Waals surface area contributed by atoms with Gasteiger partial charge in [-0.3, -0.25) is 0 Å². The number of rotatable bonds is 15. The predicted octanol–water partition coefficient (Wildman–Crippen LogP) is 16.2. The molecule has 0 aliphatic heterocycles. The Kier molecular flexibility index (Phi) is 20.0. The highest BCUT2D eigenvalue weighted by atomic mass is 14.4. The van der Waals surface area contributed by atoms with Crippen LogP contribution in [0.3, 0.4) is 0 Å². The van der Waals surface area contributed by atoms with E-state index in [1.165, 1.54) is 225 Å². The Morgan fingerprint density at radius 3 is 0.981 bits per heavy atom. The highest BCUT2D eigenvalue weighted by Gasteiger charge is 2.36. The van der Waals surface area contributed by atoms with E-state index < -0.39 is 0 Å². The lowest BCUT2D eigenvalue weighted by molar-refractivity contribution is 0.105. The molecule has 6 aliphatic carbocycles. The van der Waals surface area contributed by atoms with E-state index in [1.807, 2.05) is 0 Å². The first-order valence-electron chi connectivity index (χ1n) is 24.9. The number of nitriles is 2. The molecule has 6 saturated carbocycles. The molecule has 6 rings (SSSR count). The van der Waals surface area contributed by atoms with E-state index in [0.29, 0.717) is 11.8 Å². The maximum absolute atomic E-state index is 9.28. The second-order valence-corrected chi connectivity index (χ2v) is 20.5. The zero-order valence-electron chi connectivity index (χ0n) is 35.6. The molecule has 0 aromatic rings. The number of hydrogen-bond donors (Lipinski definition) is 0. The van der Waals surface area contributed by atoms with Crippen molar-refractivity contribution in [2.45, 2.75) is 239 Å². The van der Waals surface area contributed by atoms with Crippen LogP contribution in [0.2, 0.25) is 0 Å². The molecule has 0 amide bonds. The van der Waals surface area contributed by atoms with Crippen LogP contribution in [0.25, 0.3) is 0 Å². The summed E-state index contributed by atoms with van der Waals surface area (Å²) in [6.45, 7) is 4.63. The molecule has 6 fully saturated rings. The van der Waals surface area contributed by atoms with Crippen molar-refractivity contribution >= 4 is 0 Å². The van der Waals surface area contributed by atoms with Gasteiger partial charge in [0.1, 0.15) is 0 Å². The van der Waals surface area contributed by atoms with Crippen LogP contribution in [0.1, 0.15) is 239 Å². The fourth-order valence-corrected chi connectivity index (χ4v) is 13.5. The zero-order valence-corrected chi connectivity index (χ0v) is 35.6. The van der Waals surface area contributed by atoms with Gasteiger partial charge in [-0.05, 0) is 162 Å². The highest BCUT2D eigenvalue weighted by molar-refractivity contribution is 4.93. The average Bonchev–Trinajstić information content (AvgIpc) is 3.23. The molecule has 53 heavy (non-hydrogen) atoms. The Hall–Kier alpha value is -1.02. The van der Waals surface area contributed by atoms with Gasteiger partial charge in [-0.15, -0.1) is 0 Å². The minimum atomic E-state index is 0.374. The Morgan fingerprint density at radius 2 is 0.642 bits per heavy atom. The van der Waals surface area contributed by atoms with Crippen molar-refractivity contribution in [3.63, 3.8) is 0 Å². The summed E-state index contributed by atoms with van der Waals surface area (Å²) in [5.74, 6) is 10.7. The third kappa shape index (κ3) is 14.5. The summed E-state index contributed by atoms with van der Waals surface area (Å²) >= 11 is 0. The van der Waals surface area contributed by atoms with Gasteiger partial charge in [-0.25, -0.2) is 0 Å². The lowest BCUT2D eigenvalue weighted by atomic mass is 9.64. The van der Waals surface area contributed by atoms with Crippen molar-refractivity contribution in [3.05, 3.63) is 0 Å². The first-order valence-corrected chi connectivity index (χ1v) is 24.9. The van der Waals surface area contributed by atoms with Crippen molar-refractivity contribution in [2.75, 3.05) is 0 Å². The fourth-order valence-electron chi connectivity index (χ4n) is 13.5. The lowest BCUT2D eigenvalue weighted by Gasteiger charge is -2.41. The molecule has 4 unspecified atom stereocenters. The van der Waals surface area contributed by atoms with Crippen molar-refractivity contribution in [1.82, 2.24) is 0 Å². The number of nitrogens with zero attached hydrogens (tertiary/aromatic N) is 2. The second-order valence-electron chi connectivity index (χ2n) is 20.5. The van der Waals surface area contributed by atoms with Crippen molar-refractivity contribution in [3.8, 4) is 12.1 Å². The standard InChI is InChI=1S/C26H45N.C25H43N/c1-2-3-4-5-6-8-21-11-13-23(14-12-21)24-15-17-25(18-16-24)26-10-7-9-22(19-26)20-27;1-2-3-4-5-7-20-10-12-22(13-11-20)23-14-16-24(17-15-23)25-9-6-8-21(18-25)19-26/h21-26H,2-19H2,1H3;20-25H,2-18H2,1H3/t21-,22?,23-,24-,25-,26?;20-,21?,22-,23-,24-,25?. The largest absolute Gasteiger partial charge is 0.198 e. The van der Waals surface area contributed by atoms with Crippen LogP contribution in [-0.4, -0.2) is 0 Å². The Bertz CT molecular complexity index is 1020. The summed E-state index contributed by atoms with van der Waals surface area (Å²) in [6, 6.07) is 5.12. The van der Waals surface area contributed by atoms with Gasteiger partial charge in [0.25, 0.3) is 0 Å². The highest BCUT2D eigenvalue weighted by Crippen LogP contribution is 2.48. The maximum Gasteiger partial charge on any atom is 0.0655 e. The van der Waals surface area contributed by atoms with Crippen LogP contribution < -0.4 is 0 Å². The average molecular weight is 729 g/mol. The van der Waals surface area contributed by atoms with Crippen LogP contribution in [0.15, 0.2) is 0 Å². The minimum absolute atomic E-state index is 0.374. The van der Waals surface area contributed by atoms with Crippen LogP contribution in [0.5, 0.6) is 0 Å². The van der Waals surface area contributed by atoms with Gasteiger partial charge in [-0.2, -0.15) is 10.5 Å². The van der Waals surface area contributed by atoms with Crippen molar-refractivity contribution < 1.29 is 0 Å².